The molecule has 1 unspecified atom stereocenters. The third-order valence-corrected chi connectivity index (χ3v) is 7.22. The average molecular weight is 495 g/mol. The summed E-state index contributed by atoms with van der Waals surface area (Å²) < 4.78 is 7.61. The van der Waals surface area contributed by atoms with E-state index < -0.39 is 0 Å². The van der Waals surface area contributed by atoms with E-state index in [1.54, 1.807) is 17.4 Å². The largest absolute Gasteiger partial charge is 0.447 e. The van der Waals surface area contributed by atoms with Crippen molar-refractivity contribution in [3.63, 3.8) is 0 Å². The van der Waals surface area contributed by atoms with E-state index in [1.165, 1.54) is 0 Å². The van der Waals surface area contributed by atoms with Gasteiger partial charge in [-0.25, -0.2) is 14.8 Å². The number of hydrogen-bond donors (Lipinski definition) is 0. The first-order valence-corrected chi connectivity index (χ1v) is 12.2. The van der Waals surface area contributed by atoms with Gasteiger partial charge in [0.25, 0.3) is 0 Å². The highest BCUT2D eigenvalue weighted by atomic mass is 35.5. The predicted molar refractivity (Wildman–Crippen MR) is 131 cm³/mol. The van der Waals surface area contributed by atoms with Gasteiger partial charge >= 0.3 is 6.09 Å². The number of aromatic nitrogens is 5. The summed E-state index contributed by atoms with van der Waals surface area (Å²) in [5.41, 5.74) is 2.09. The maximum Gasteiger partial charge on any atom is 0.410 e. The number of benzene rings is 1. The maximum absolute atomic E-state index is 13.0. The highest BCUT2D eigenvalue weighted by molar-refractivity contribution is 6.30. The zero-order chi connectivity index (χ0) is 24.3. The van der Waals surface area contributed by atoms with Crippen LogP contribution in [0.4, 0.5) is 16.6 Å². The molecular formula is C24H27ClN8O2. The van der Waals surface area contributed by atoms with E-state index >= 15 is 0 Å². The van der Waals surface area contributed by atoms with Crippen molar-refractivity contribution in [1.29, 1.82) is 0 Å². The van der Waals surface area contributed by atoms with Crippen molar-refractivity contribution in [1.82, 2.24) is 29.6 Å². The lowest BCUT2D eigenvalue weighted by Gasteiger charge is -2.60. The lowest BCUT2D eigenvalue weighted by atomic mass is 9.73. The average Bonchev–Trinajstić information content (AvgIpc) is 3.15. The van der Waals surface area contributed by atoms with Crippen molar-refractivity contribution < 1.29 is 9.53 Å². The molecule has 182 valence electrons. The van der Waals surface area contributed by atoms with Gasteiger partial charge in [0.05, 0.1) is 24.4 Å². The van der Waals surface area contributed by atoms with E-state index in [2.05, 4.69) is 34.5 Å². The fourth-order valence-corrected chi connectivity index (χ4v) is 5.54. The Morgan fingerprint density at radius 3 is 2.63 bits per heavy atom. The molecule has 1 amide bonds. The van der Waals surface area contributed by atoms with Crippen LogP contribution >= 0.6 is 11.6 Å². The molecule has 2 aromatic heterocycles. The molecule has 5 heterocycles. The van der Waals surface area contributed by atoms with Crippen LogP contribution in [0.2, 0.25) is 5.02 Å². The number of carbonyl (C=O) groups excluding carboxylic acids is 1. The Morgan fingerprint density at radius 2 is 1.91 bits per heavy atom. The summed E-state index contributed by atoms with van der Waals surface area (Å²) in [7, 11) is 0. The van der Waals surface area contributed by atoms with Crippen molar-refractivity contribution in [3.05, 3.63) is 53.2 Å². The molecule has 3 aliphatic rings. The van der Waals surface area contributed by atoms with Gasteiger partial charge in [0, 0.05) is 42.8 Å². The molecule has 11 heteroatoms. The predicted octanol–water partition coefficient (Wildman–Crippen LogP) is 3.46. The molecular weight excluding hydrogens is 468 g/mol. The molecule has 2 saturated heterocycles. The summed E-state index contributed by atoms with van der Waals surface area (Å²) in [4.78, 5) is 27.6. The first-order valence-electron chi connectivity index (χ1n) is 11.8. The van der Waals surface area contributed by atoms with Crippen LogP contribution in [0.15, 0.2) is 36.8 Å². The number of halogens is 1. The highest BCUT2D eigenvalue weighted by Gasteiger charge is 2.53. The van der Waals surface area contributed by atoms with Crippen molar-refractivity contribution in [2.75, 3.05) is 36.0 Å². The zero-order valence-electron chi connectivity index (χ0n) is 19.9. The summed E-state index contributed by atoms with van der Waals surface area (Å²) in [5.74, 6) is 2.47. The van der Waals surface area contributed by atoms with Crippen LogP contribution in [0.25, 0.3) is 5.69 Å². The van der Waals surface area contributed by atoms with Gasteiger partial charge in [-0.15, -0.1) is 10.2 Å². The number of fused-ring (bicyclic) bond motifs is 3. The summed E-state index contributed by atoms with van der Waals surface area (Å²) in [6, 6.07) is 7.38. The van der Waals surface area contributed by atoms with Gasteiger partial charge in [-0.3, -0.25) is 9.47 Å². The molecule has 1 aromatic carbocycles. The topological polar surface area (TPSA) is 92.5 Å². The molecule has 0 N–H and O–H groups in total. The van der Waals surface area contributed by atoms with Crippen molar-refractivity contribution in [2.45, 2.75) is 39.5 Å². The Morgan fingerprint density at radius 1 is 1.14 bits per heavy atom. The minimum absolute atomic E-state index is 0.216. The molecule has 6 rings (SSSR count). The van der Waals surface area contributed by atoms with Gasteiger partial charge < -0.3 is 14.5 Å². The standard InChI is InChI=1S/C24H27ClN8O2/c1-15(2)35-23(34)32-9-17-8-18(25)4-5-19(17)33-21(16(32)3)28-29-22(33)31-12-24(13-31)10-30(11-24)20-6-7-26-14-27-20/h4-8,14-16H,9-13H2,1-3H3. The van der Waals surface area contributed by atoms with E-state index in [9.17, 15) is 4.79 Å². The first-order chi connectivity index (χ1) is 16.8. The van der Waals surface area contributed by atoms with Gasteiger partial charge in [-0.05, 0) is 50.6 Å². The number of anilines is 2. The lowest BCUT2D eigenvalue weighted by Crippen LogP contribution is -2.73. The molecule has 2 fully saturated rings. The molecule has 0 aliphatic carbocycles. The number of amides is 1. The molecule has 3 aromatic rings. The Bertz CT molecular complexity index is 1270. The van der Waals surface area contributed by atoms with E-state index in [1.807, 2.05) is 45.0 Å². The summed E-state index contributed by atoms with van der Waals surface area (Å²) in [5, 5.41) is 9.75. The van der Waals surface area contributed by atoms with Crippen LogP contribution in [0.3, 0.4) is 0 Å². The fraction of sp³-hybridized carbons (Fsp3) is 0.458. The van der Waals surface area contributed by atoms with Crippen molar-refractivity contribution in [3.8, 4) is 5.69 Å². The van der Waals surface area contributed by atoms with Gasteiger partial charge in [0.1, 0.15) is 12.1 Å². The van der Waals surface area contributed by atoms with Crippen LogP contribution in [0.5, 0.6) is 0 Å². The van der Waals surface area contributed by atoms with Crippen LogP contribution in [-0.2, 0) is 11.3 Å². The Labute approximate surface area is 208 Å². The molecule has 3 aliphatic heterocycles. The summed E-state index contributed by atoms with van der Waals surface area (Å²) >= 11 is 6.35. The van der Waals surface area contributed by atoms with E-state index in [0.717, 1.165) is 49.2 Å². The van der Waals surface area contributed by atoms with Crippen LogP contribution in [0.1, 0.15) is 38.2 Å². The van der Waals surface area contributed by atoms with Gasteiger partial charge in [-0.1, -0.05) is 11.6 Å². The number of nitrogens with zero attached hydrogens (tertiary/aromatic N) is 8. The Hall–Kier alpha value is -3.40. The van der Waals surface area contributed by atoms with Crippen molar-refractivity contribution in [2.24, 2.45) is 5.41 Å². The Balaban J connectivity index is 1.28. The normalized spacial score (nSPS) is 20.1. The molecule has 1 atom stereocenters. The Kier molecular flexibility index (Phi) is 5.10. The van der Waals surface area contributed by atoms with Crippen molar-refractivity contribution >= 4 is 29.5 Å². The van der Waals surface area contributed by atoms with Crippen LogP contribution < -0.4 is 9.80 Å². The summed E-state index contributed by atoms with van der Waals surface area (Å²) in [6.45, 7) is 9.73. The van der Waals surface area contributed by atoms with E-state index in [-0.39, 0.29) is 23.7 Å². The number of hydrogen-bond acceptors (Lipinski definition) is 8. The SMILES string of the molecule is CC(C)OC(=O)N1Cc2cc(Cl)ccc2-n2c(nnc2N2CC3(CN(c4ccncn4)C3)C2)C1C. The molecule has 10 nitrogen and oxygen atoms in total. The quantitative estimate of drug-likeness (QED) is 0.546. The second-order valence-electron chi connectivity index (χ2n) is 9.98. The first kappa shape index (κ1) is 22.1. The fourth-order valence-electron chi connectivity index (χ4n) is 5.35. The van der Waals surface area contributed by atoms with Crippen LogP contribution in [0, 0.1) is 5.41 Å². The monoisotopic (exact) mass is 494 g/mol. The third kappa shape index (κ3) is 3.67. The molecule has 0 saturated carbocycles. The zero-order valence-corrected chi connectivity index (χ0v) is 20.7. The second-order valence-corrected chi connectivity index (χ2v) is 10.4. The van der Waals surface area contributed by atoms with E-state index in [4.69, 9.17) is 16.3 Å². The minimum atomic E-state index is -0.376. The minimum Gasteiger partial charge on any atom is -0.447 e. The summed E-state index contributed by atoms with van der Waals surface area (Å²) in [6.07, 6.45) is 2.77. The van der Waals surface area contributed by atoms with Gasteiger partial charge in [-0.2, -0.15) is 0 Å². The lowest BCUT2D eigenvalue weighted by molar-refractivity contribution is 0.0618. The van der Waals surface area contributed by atoms with Gasteiger partial charge in [0.15, 0.2) is 5.82 Å². The second kappa shape index (κ2) is 8.08. The maximum atomic E-state index is 13.0. The highest BCUT2D eigenvalue weighted by Crippen LogP contribution is 2.44. The molecule has 1 spiro atoms. The molecule has 0 radical (unpaired) electrons. The number of ether oxygens (including phenoxy) is 1. The molecule has 0 bridgehead atoms. The third-order valence-electron chi connectivity index (χ3n) is 6.98. The van der Waals surface area contributed by atoms with Crippen LogP contribution in [-0.4, -0.2) is 68.0 Å². The molecule has 35 heavy (non-hydrogen) atoms. The smallest absolute Gasteiger partial charge is 0.410 e. The number of carbonyl (C=O) groups is 1. The number of rotatable bonds is 3. The van der Waals surface area contributed by atoms with Gasteiger partial charge in [0.2, 0.25) is 5.95 Å². The van der Waals surface area contributed by atoms with E-state index in [0.29, 0.717) is 17.4 Å².